The van der Waals surface area contributed by atoms with Crippen LogP contribution in [0.2, 0.25) is 0 Å². The van der Waals surface area contributed by atoms with Crippen molar-refractivity contribution in [3.63, 3.8) is 0 Å². The first-order valence-corrected chi connectivity index (χ1v) is 10.1. The maximum Gasteiger partial charge on any atom is 0.338 e. The van der Waals surface area contributed by atoms with Gasteiger partial charge in [0.05, 0.1) is 18.8 Å². The Bertz CT molecular complexity index is 822. The smallest absolute Gasteiger partial charge is 0.338 e. The van der Waals surface area contributed by atoms with Crippen LogP contribution in [0.25, 0.3) is 5.57 Å². The molecule has 0 aromatic heterocycles. The largest absolute Gasteiger partial charge is 0.496 e. The molecule has 0 bridgehead atoms. The summed E-state index contributed by atoms with van der Waals surface area (Å²) in [5.41, 5.74) is 6.62. The first-order chi connectivity index (χ1) is 13.1. The minimum absolute atomic E-state index is 0.0716. The normalized spacial score (nSPS) is 17.3. The summed E-state index contributed by atoms with van der Waals surface area (Å²) in [4.78, 5) is 12.3. The van der Waals surface area contributed by atoms with Crippen LogP contribution in [-0.2, 0) is 4.74 Å². The summed E-state index contributed by atoms with van der Waals surface area (Å²) in [5, 5.41) is 0. The van der Waals surface area contributed by atoms with E-state index in [0.717, 1.165) is 29.6 Å². The van der Waals surface area contributed by atoms with Crippen LogP contribution < -0.4 is 4.74 Å². The van der Waals surface area contributed by atoms with Gasteiger partial charge in [0, 0.05) is 5.56 Å². The molecule has 0 atom stereocenters. The molecule has 0 aliphatic heterocycles. The van der Waals surface area contributed by atoms with E-state index in [9.17, 15) is 4.79 Å². The van der Waals surface area contributed by atoms with E-state index in [4.69, 9.17) is 9.47 Å². The molecule has 0 saturated heterocycles. The minimum Gasteiger partial charge on any atom is -0.496 e. The SMILES string of the molecule is C=C/C(C)=C(\C1=C(C)CCCC1(C)C)c1ccc(C(=O)OC(C)C)cc1OC. The molecule has 1 aromatic carbocycles. The highest BCUT2D eigenvalue weighted by Crippen LogP contribution is 2.49. The Hall–Kier alpha value is -2.29. The summed E-state index contributed by atoms with van der Waals surface area (Å²) in [7, 11) is 1.64. The van der Waals surface area contributed by atoms with E-state index in [-0.39, 0.29) is 17.5 Å². The predicted molar refractivity (Wildman–Crippen MR) is 117 cm³/mol. The summed E-state index contributed by atoms with van der Waals surface area (Å²) in [6.07, 6.45) is 5.20. The number of hydrogen-bond donors (Lipinski definition) is 0. The van der Waals surface area contributed by atoms with Crippen molar-refractivity contribution in [2.75, 3.05) is 7.11 Å². The molecule has 1 aliphatic carbocycles. The van der Waals surface area contributed by atoms with Crippen molar-refractivity contribution in [2.24, 2.45) is 5.41 Å². The zero-order valence-electron chi connectivity index (χ0n) is 18.4. The van der Waals surface area contributed by atoms with Gasteiger partial charge in [0.15, 0.2) is 0 Å². The van der Waals surface area contributed by atoms with Crippen LogP contribution in [0.5, 0.6) is 5.75 Å². The van der Waals surface area contributed by atoms with Gasteiger partial charge in [-0.1, -0.05) is 32.1 Å². The van der Waals surface area contributed by atoms with Crippen molar-refractivity contribution in [1.29, 1.82) is 0 Å². The number of ether oxygens (including phenoxy) is 2. The Labute approximate surface area is 170 Å². The number of allylic oxidation sites excluding steroid dienone is 5. The van der Waals surface area contributed by atoms with Crippen molar-refractivity contribution in [3.05, 3.63) is 58.7 Å². The van der Waals surface area contributed by atoms with Gasteiger partial charge in [-0.3, -0.25) is 0 Å². The summed E-state index contributed by atoms with van der Waals surface area (Å²) in [6.45, 7) is 16.6. The Morgan fingerprint density at radius 2 is 1.96 bits per heavy atom. The Kier molecular flexibility index (Phi) is 6.92. The van der Waals surface area contributed by atoms with Gasteiger partial charge in [-0.15, -0.1) is 0 Å². The highest BCUT2D eigenvalue weighted by atomic mass is 16.5. The molecule has 0 N–H and O–H groups in total. The first-order valence-electron chi connectivity index (χ1n) is 10.1. The molecule has 0 unspecified atom stereocenters. The lowest BCUT2D eigenvalue weighted by molar-refractivity contribution is 0.0377. The maximum atomic E-state index is 12.3. The molecule has 0 heterocycles. The van der Waals surface area contributed by atoms with Crippen LogP contribution in [-0.4, -0.2) is 19.2 Å². The van der Waals surface area contributed by atoms with Crippen molar-refractivity contribution in [3.8, 4) is 5.75 Å². The van der Waals surface area contributed by atoms with Crippen LogP contribution in [0.3, 0.4) is 0 Å². The lowest BCUT2D eigenvalue weighted by atomic mass is 9.68. The first kappa shape index (κ1) is 22.0. The molecule has 1 aliphatic rings. The third kappa shape index (κ3) is 4.57. The number of methoxy groups -OCH3 is 1. The number of esters is 1. The van der Waals surface area contributed by atoms with E-state index in [1.54, 1.807) is 13.2 Å². The zero-order chi connectivity index (χ0) is 21.1. The van der Waals surface area contributed by atoms with E-state index in [1.165, 1.54) is 17.6 Å². The molecule has 0 radical (unpaired) electrons. The van der Waals surface area contributed by atoms with Crippen molar-refractivity contribution >= 4 is 11.5 Å². The topological polar surface area (TPSA) is 35.5 Å². The second-order valence-corrected chi connectivity index (χ2v) is 8.52. The third-order valence-electron chi connectivity index (χ3n) is 5.46. The molecule has 0 fully saturated rings. The highest BCUT2D eigenvalue weighted by Gasteiger charge is 2.33. The molecule has 152 valence electrons. The summed E-state index contributed by atoms with van der Waals surface area (Å²) < 4.78 is 11.1. The molecular formula is C25H34O3. The Morgan fingerprint density at radius 3 is 2.50 bits per heavy atom. The second kappa shape index (κ2) is 8.81. The van der Waals surface area contributed by atoms with Gasteiger partial charge in [-0.05, 0) is 87.3 Å². The molecule has 0 amide bonds. The van der Waals surface area contributed by atoms with Gasteiger partial charge in [0.2, 0.25) is 0 Å². The predicted octanol–water partition coefficient (Wildman–Crippen LogP) is 6.75. The average molecular weight is 383 g/mol. The van der Waals surface area contributed by atoms with Crippen molar-refractivity contribution < 1.29 is 14.3 Å². The molecule has 2 rings (SSSR count). The molecule has 3 heteroatoms. The van der Waals surface area contributed by atoms with E-state index in [0.29, 0.717) is 11.3 Å². The van der Waals surface area contributed by atoms with Crippen LogP contribution >= 0.6 is 0 Å². The van der Waals surface area contributed by atoms with Crippen LogP contribution in [0.15, 0.2) is 47.6 Å². The Morgan fingerprint density at radius 1 is 1.29 bits per heavy atom. The minimum atomic E-state index is -0.334. The molecule has 1 aromatic rings. The average Bonchev–Trinajstić information content (AvgIpc) is 2.63. The standard InChI is InChI=1S/C25H34O3/c1-9-17(4)22(23-18(5)11-10-14-25(23,6)7)20-13-12-19(15-21(20)27-8)24(26)28-16(2)3/h9,12-13,15-16H,1,10-11,14H2,2-8H3/b22-17-. The number of carbonyl (C=O) groups excluding carboxylic acids is 1. The number of hydrogen-bond acceptors (Lipinski definition) is 3. The fourth-order valence-corrected chi connectivity index (χ4v) is 4.13. The quantitative estimate of drug-likeness (QED) is 0.403. The summed E-state index contributed by atoms with van der Waals surface area (Å²) in [6, 6.07) is 5.58. The van der Waals surface area contributed by atoms with E-state index >= 15 is 0 Å². The lowest BCUT2D eigenvalue weighted by Gasteiger charge is -2.37. The number of benzene rings is 1. The third-order valence-corrected chi connectivity index (χ3v) is 5.46. The van der Waals surface area contributed by atoms with Gasteiger partial charge >= 0.3 is 5.97 Å². The lowest BCUT2D eigenvalue weighted by Crippen LogP contribution is -2.22. The summed E-state index contributed by atoms with van der Waals surface area (Å²) >= 11 is 0. The van der Waals surface area contributed by atoms with E-state index in [1.807, 2.05) is 32.1 Å². The fourth-order valence-electron chi connectivity index (χ4n) is 4.13. The Balaban J connectivity index is 2.67. The van der Waals surface area contributed by atoms with Crippen LogP contribution in [0.1, 0.15) is 76.7 Å². The highest BCUT2D eigenvalue weighted by molar-refractivity contribution is 5.93. The van der Waals surface area contributed by atoms with E-state index in [2.05, 4.69) is 34.3 Å². The molecule has 0 spiro atoms. The molecular weight excluding hydrogens is 348 g/mol. The molecule has 28 heavy (non-hydrogen) atoms. The maximum absolute atomic E-state index is 12.3. The van der Waals surface area contributed by atoms with Crippen molar-refractivity contribution in [1.82, 2.24) is 0 Å². The van der Waals surface area contributed by atoms with Crippen molar-refractivity contribution in [2.45, 2.75) is 66.9 Å². The second-order valence-electron chi connectivity index (χ2n) is 8.52. The van der Waals surface area contributed by atoms with Gasteiger partial charge in [0.25, 0.3) is 0 Å². The van der Waals surface area contributed by atoms with E-state index < -0.39 is 0 Å². The summed E-state index contributed by atoms with van der Waals surface area (Å²) in [5.74, 6) is 0.343. The van der Waals surface area contributed by atoms with Gasteiger partial charge < -0.3 is 9.47 Å². The van der Waals surface area contributed by atoms with Crippen LogP contribution in [0.4, 0.5) is 0 Å². The van der Waals surface area contributed by atoms with Gasteiger partial charge in [-0.25, -0.2) is 4.79 Å². The van der Waals surface area contributed by atoms with Gasteiger partial charge in [-0.2, -0.15) is 0 Å². The zero-order valence-corrected chi connectivity index (χ0v) is 18.4. The van der Waals surface area contributed by atoms with Crippen LogP contribution in [0, 0.1) is 5.41 Å². The van der Waals surface area contributed by atoms with Gasteiger partial charge in [0.1, 0.15) is 5.75 Å². The fraction of sp³-hybridized carbons (Fsp3) is 0.480. The number of rotatable bonds is 6. The molecule has 3 nitrogen and oxygen atoms in total. The monoisotopic (exact) mass is 382 g/mol. The number of carbonyl (C=O) groups is 1. The molecule has 0 saturated carbocycles.